The number of rotatable bonds is 7. The first kappa shape index (κ1) is 16.0. The van der Waals surface area contributed by atoms with Crippen LogP contribution in [-0.2, 0) is 21.4 Å². The lowest BCUT2D eigenvalue weighted by atomic mass is 10.1. The molecule has 0 radical (unpaired) electrons. The zero-order chi connectivity index (χ0) is 15.5. The van der Waals surface area contributed by atoms with Crippen LogP contribution in [0.15, 0.2) is 17.3 Å². The predicted molar refractivity (Wildman–Crippen MR) is 76.2 cm³/mol. The largest absolute Gasteiger partial charge is 0.481 e. The Hall–Kier alpha value is -1.41. The molecule has 8 heteroatoms. The summed E-state index contributed by atoms with van der Waals surface area (Å²) in [7, 11) is -3.56. The molecule has 0 bridgehead atoms. The van der Waals surface area contributed by atoms with Gasteiger partial charge >= 0.3 is 5.97 Å². The number of nitrogens with one attached hydrogen (secondary N) is 1. The fourth-order valence-electron chi connectivity index (χ4n) is 2.64. The van der Waals surface area contributed by atoms with E-state index in [0.717, 1.165) is 19.3 Å². The number of carboxylic acid groups (broad SMARTS) is 1. The standard InChI is InChI=1S/C13H21N3O4S/c1-10-2-3-11(6-10)7-15-21(19,20)12-8-14-16(9-12)5-4-13(17)18/h8-11,15H,2-7H2,1H3,(H,17,18). The van der Waals surface area contributed by atoms with Crippen molar-refractivity contribution in [3.05, 3.63) is 12.4 Å². The lowest BCUT2D eigenvalue weighted by molar-refractivity contribution is -0.137. The molecule has 7 nitrogen and oxygen atoms in total. The Morgan fingerprint density at radius 2 is 2.29 bits per heavy atom. The molecule has 1 aliphatic rings. The lowest BCUT2D eigenvalue weighted by Crippen LogP contribution is -2.28. The molecule has 2 rings (SSSR count). The maximum Gasteiger partial charge on any atom is 0.305 e. The van der Waals surface area contributed by atoms with Gasteiger partial charge in [-0.2, -0.15) is 5.10 Å². The number of aromatic nitrogens is 2. The Morgan fingerprint density at radius 3 is 2.90 bits per heavy atom. The van der Waals surface area contributed by atoms with Gasteiger partial charge < -0.3 is 5.11 Å². The molecular formula is C13H21N3O4S. The summed E-state index contributed by atoms with van der Waals surface area (Å²) in [6, 6.07) is 0. The molecule has 1 aromatic heterocycles. The van der Waals surface area contributed by atoms with Crippen molar-refractivity contribution in [2.45, 2.75) is 44.0 Å². The first-order valence-corrected chi connectivity index (χ1v) is 8.59. The maximum absolute atomic E-state index is 12.1. The Morgan fingerprint density at radius 1 is 1.52 bits per heavy atom. The van der Waals surface area contributed by atoms with Gasteiger partial charge in [-0.05, 0) is 24.7 Å². The first-order chi connectivity index (χ1) is 9.87. The molecule has 1 aliphatic carbocycles. The van der Waals surface area contributed by atoms with Gasteiger partial charge in [-0.15, -0.1) is 0 Å². The summed E-state index contributed by atoms with van der Waals surface area (Å²) in [6.07, 6.45) is 5.79. The molecule has 0 saturated heterocycles. The van der Waals surface area contributed by atoms with Crippen LogP contribution in [0, 0.1) is 11.8 Å². The predicted octanol–water partition coefficient (Wildman–Crippen LogP) is 1.07. The normalized spacial score (nSPS) is 22.5. The van der Waals surface area contributed by atoms with Gasteiger partial charge in [0, 0.05) is 12.7 Å². The number of nitrogens with zero attached hydrogens (tertiary/aromatic N) is 2. The minimum Gasteiger partial charge on any atom is -0.481 e. The van der Waals surface area contributed by atoms with E-state index in [1.54, 1.807) is 0 Å². The molecule has 118 valence electrons. The van der Waals surface area contributed by atoms with Crippen molar-refractivity contribution in [1.29, 1.82) is 0 Å². The highest BCUT2D eigenvalue weighted by Crippen LogP contribution is 2.29. The highest BCUT2D eigenvalue weighted by atomic mass is 32.2. The molecule has 1 fully saturated rings. The van der Waals surface area contributed by atoms with E-state index in [1.165, 1.54) is 17.1 Å². The third kappa shape index (κ3) is 4.53. The van der Waals surface area contributed by atoms with Crippen LogP contribution < -0.4 is 4.72 Å². The van der Waals surface area contributed by atoms with Crippen molar-refractivity contribution < 1.29 is 18.3 Å². The highest BCUT2D eigenvalue weighted by molar-refractivity contribution is 7.89. The second-order valence-electron chi connectivity index (χ2n) is 5.72. The molecule has 0 aromatic carbocycles. The van der Waals surface area contributed by atoms with E-state index in [1.807, 2.05) is 0 Å². The van der Waals surface area contributed by atoms with Crippen molar-refractivity contribution >= 4 is 16.0 Å². The second-order valence-corrected chi connectivity index (χ2v) is 7.49. The Kier molecular flexibility index (Phi) is 5.00. The van der Waals surface area contributed by atoms with Crippen molar-refractivity contribution in [2.24, 2.45) is 11.8 Å². The number of aliphatic carboxylic acids is 1. The number of carboxylic acids is 1. The summed E-state index contributed by atoms with van der Waals surface area (Å²) < 4.78 is 28.2. The van der Waals surface area contributed by atoms with Crippen LogP contribution in [0.3, 0.4) is 0 Å². The zero-order valence-electron chi connectivity index (χ0n) is 12.0. The summed E-state index contributed by atoms with van der Waals surface area (Å²) in [5.74, 6) is 0.124. The van der Waals surface area contributed by atoms with Crippen molar-refractivity contribution in [2.75, 3.05) is 6.54 Å². The van der Waals surface area contributed by atoms with Crippen molar-refractivity contribution in [3.8, 4) is 0 Å². The SMILES string of the molecule is CC1CCC(CNS(=O)(=O)c2cnn(CCC(=O)O)c2)C1. The van der Waals surface area contributed by atoms with E-state index in [2.05, 4.69) is 16.7 Å². The monoisotopic (exact) mass is 315 g/mol. The molecule has 2 unspecified atom stereocenters. The zero-order valence-corrected chi connectivity index (χ0v) is 12.8. The van der Waals surface area contributed by atoms with Gasteiger partial charge in [0.15, 0.2) is 0 Å². The van der Waals surface area contributed by atoms with Gasteiger partial charge in [-0.1, -0.05) is 13.3 Å². The number of sulfonamides is 1. The van der Waals surface area contributed by atoms with E-state index in [0.29, 0.717) is 18.4 Å². The van der Waals surface area contributed by atoms with Gasteiger partial charge in [0.05, 0.1) is 19.2 Å². The number of hydrogen-bond donors (Lipinski definition) is 2. The fourth-order valence-corrected chi connectivity index (χ4v) is 3.71. The van der Waals surface area contributed by atoms with Crippen LogP contribution in [0.5, 0.6) is 0 Å². The molecule has 0 aliphatic heterocycles. The molecule has 1 heterocycles. The van der Waals surface area contributed by atoms with E-state index >= 15 is 0 Å². The summed E-state index contributed by atoms with van der Waals surface area (Å²) in [5.41, 5.74) is 0. The molecule has 0 amide bonds. The average Bonchev–Trinajstić information content (AvgIpc) is 3.03. The van der Waals surface area contributed by atoms with Crippen LogP contribution >= 0.6 is 0 Å². The molecule has 2 N–H and O–H groups in total. The van der Waals surface area contributed by atoms with E-state index < -0.39 is 16.0 Å². The average molecular weight is 315 g/mol. The van der Waals surface area contributed by atoms with Crippen LogP contribution in [0.4, 0.5) is 0 Å². The van der Waals surface area contributed by atoms with Gasteiger partial charge in [0.25, 0.3) is 0 Å². The summed E-state index contributed by atoms with van der Waals surface area (Å²) in [4.78, 5) is 10.6. The van der Waals surface area contributed by atoms with Gasteiger partial charge in [-0.25, -0.2) is 13.1 Å². The van der Waals surface area contributed by atoms with Gasteiger partial charge in [0.1, 0.15) is 4.90 Å². The quantitative estimate of drug-likeness (QED) is 0.784. The third-order valence-corrected chi connectivity index (χ3v) is 5.22. The molecular weight excluding hydrogens is 294 g/mol. The fraction of sp³-hybridized carbons (Fsp3) is 0.692. The van der Waals surface area contributed by atoms with Crippen LogP contribution in [0.2, 0.25) is 0 Å². The van der Waals surface area contributed by atoms with E-state index in [9.17, 15) is 13.2 Å². The van der Waals surface area contributed by atoms with Crippen LogP contribution in [0.1, 0.15) is 32.6 Å². The Labute approximate surface area is 124 Å². The topological polar surface area (TPSA) is 101 Å². The molecule has 1 aromatic rings. The van der Waals surface area contributed by atoms with Crippen LogP contribution in [-0.4, -0.2) is 35.8 Å². The Bertz CT molecular complexity index is 596. The second kappa shape index (κ2) is 6.57. The third-order valence-electron chi connectivity index (χ3n) is 3.84. The summed E-state index contributed by atoms with van der Waals surface area (Å²) >= 11 is 0. The maximum atomic E-state index is 12.1. The highest BCUT2D eigenvalue weighted by Gasteiger charge is 2.24. The summed E-state index contributed by atoms with van der Waals surface area (Å²) in [5, 5.41) is 12.5. The molecule has 21 heavy (non-hydrogen) atoms. The lowest BCUT2D eigenvalue weighted by Gasteiger charge is -2.10. The molecule has 1 saturated carbocycles. The van der Waals surface area contributed by atoms with Crippen molar-refractivity contribution in [1.82, 2.24) is 14.5 Å². The number of aryl methyl sites for hydroxylation is 1. The number of hydrogen-bond acceptors (Lipinski definition) is 4. The van der Waals surface area contributed by atoms with E-state index in [-0.39, 0.29) is 17.9 Å². The van der Waals surface area contributed by atoms with Gasteiger partial charge in [0.2, 0.25) is 10.0 Å². The van der Waals surface area contributed by atoms with E-state index in [4.69, 9.17) is 5.11 Å². The minimum atomic E-state index is -3.56. The number of carbonyl (C=O) groups is 1. The summed E-state index contributed by atoms with van der Waals surface area (Å²) in [6.45, 7) is 2.79. The first-order valence-electron chi connectivity index (χ1n) is 7.10. The van der Waals surface area contributed by atoms with Crippen LogP contribution in [0.25, 0.3) is 0 Å². The molecule has 0 spiro atoms. The smallest absolute Gasteiger partial charge is 0.305 e. The Balaban J connectivity index is 1.91. The minimum absolute atomic E-state index is 0.0823. The van der Waals surface area contributed by atoms with Crippen molar-refractivity contribution in [3.63, 3.8) is 0 Å². The molecule has 2 atom stereocenters. The van der Waals surface area contributed by atoms with Gasteiger partial charge in [-0.3, -0.25) is 9.48 Å².